The van der Waals surface area contributed by atoms with Gasteiger partial charge in [0.25, 0.3) is 0 Å². The second kappa shape index (κ2) is 6.38. The largest absolute Gasteiger partial charge is 0.493 e. The lowest BCUT2D eigenvalue weighted by atomic mass is 10.2. The van der Waals surface area contributed by atoms with E-state index in [1.807, 2.05) is 24.3 Å². The maximum Gasteiger partial charge on any atom is 0.162 e. The fourth-order valence-electron chi connectivity index (χ4n) is 1.65. The highest BCUT2D eigenvalue weighted by molar-refractivity contribution is 9.10. The molecule has 0 bridgehead atoms. The Morgan fingerprint density at radius 3 is 2.63 bits per heavy atom. The number of halogens is 1. The maximum absolute atomic E-state index is 10.8. The van der Waals surface area contributed by atoms with Crippen LogP contribution in [0.5, 0.6) is 11.5 Å². The van der Waals surface area contributed by atoms with Crippen LogP contribution in [-0.4, -0.2) is 13.4 Å². The number of ether oxygens (including phenoxy) is 2. The van der Waals surface area contributed by atoms with E-state index in [4.69, 9.17) is 9.47 Å². The van der Waals surface area contributed by atoms with Gasteiger partial charge in [-0.1, -0.05) is 34.1 Å². The molecular weight excluding hydrogens is 308 g/mol. The van der Waals surface area contributed by atoms with Crippen LogP contribution < -0.4 is 9.47 Å². The minimum absolute atomic E-state index is 0.403. The zero-order valence-electron chi connectivity index (χ0n) is 10.4. The van der Waals surface area contributed by atoms with Crippen LogP contribution in [0.3, 0.4) is 0 Å². The first-order valence-electron chi connectivity index (χ1n) is 5.74. The summed E-state index contributed by atoms with van der Waals surface area (Å²) in [5.74, 6) is 1.17. The molecule has 3 nitrogen and oxygen atoms in total. The van der Waals surface area contributed by atoms with Crippen LogP contribution in [0.1, 0.15) is 15.9 Å². The van der Waals surface area contributed by atoms with Gasteiger partial charge in [-0.2, -0.15) is 0 Å². The van der Waals surface area contributed by atoms with Crippen molar-refractivity contribution in [3.8, 4) is 11.5 Å². The molecule has 0 N–H and O–H groups in total. The lowest BCUT2D eigenvalue weighted by Crippen LogP contribution is -1.99. The third-order valence-electron chi connectivity index (χ3n) is 2.66. The Balaban J connectivity index is 2.19. The second-order valence-electron chi connectivity index (χ2n) is 3.91. The number of carbonyl (C=O) groups is 1. The first-order chi connectivity index (χ1) is 9.24. The monoisotopic (exact) mass is 320 g/mol. The number of hydrogen-bond donors (Lipinski definition) is 0. The Morgan fingerprint density at radius 1 is 1.16 bits per heavy atom. The third-order valence-corrected chi connectivity index (χ3v) is 3.44. The van der Waals surface area contributed by atoms with E-state index in [1.54, 1.807) is 25.3 Å². The Bertz CT molecular complexity index is 581. The second-order valence-corrected chi connectivity index (χ2v) is 4.76. The predicted octanol–water partition coefficient (Wildman–Crippen LogP) is 3.85. The molecule has 0 spiro atoms. The molecular formula is C15H13BrO3. The molecule has 0 atom stereocenters. The Labute approximate surface area is 120 Å². The molecule has 0 saturated carbocycles. The Kier molecular flexibility index (Phi) is 4.58. The van der Waals surface area contributed by atoms with Crippen molar-refractivity contribution in [2.24, 2.45) is 0 Å². The highest BCUT2D eigenvalue weighted by Crippen LogP contribution is 2.29. The minimum atomic E-state index is 0.403. The van der Waals surface area contributed by atoms with Crippen molar-refractivity contribution in [3.63, 3.8) is 0 Å². The fourth-order valence-corrected chi connectivity index (χ4v) is 2.05. The van der Waals surface area contributed by atoms with E-state index in [9.17, 15) is 4.79 Å². The third kappa shape index (κ3) is 3.35. The fraction of sp³-hybridized carbons (Fsp3) is 0.133. The van der Waals surface area contributed by atoms with E-state index in [-0.39, 0.29) is 0 Å². The number of methoxy groups -OCH3 is 1. The van der Waals surface area contributed by atoms with Crippen molar-refractivity contribution >= 4 is 22.2 Å². The SMILES string of the molecule is COc1ccc(C=O)cc1OCc1ccccc1Br. The summed E-state index contributed by atoms with van der Waals surface area (Å²) in [6, 6.07) is 12.9. The van der Waals surface area contributed by atoms with Crippen molar-refractivity contribution in [2.45, 2.75) is 6.61 Å². The summed E-state index contributed by atoms with van der Waals surface area (Å²) in [4.78, 5) is 10.8. The molecule has 0 radical (unpaired) electrons. The highest BCUT2D eigenvalue weighted by Gasteiger charge is 2.07. The van der Waals surface area contributed by atoms with Gasteiger partial charge in [-0.3, -0.25) is 4.79 Å². The van der Waals surface area contributed by atoms with Gasteiger partial charge in [-0.15, -0.1) is 0 Å². The van der Waals surface area contributed by atoms with Crippen molar-refractivity contribution in [1.29, 1.82) is 0 Å². The first kappa shape index (κ1) is 13.6. The van der Waals surface area contributed by atoms with Gasteiger partial charge < -0.3 is 9.47 Å². The Hall–Kier alpha value is -1.81. The maximum atomic E-state index is 10.8. The molecule has 0 amide bonds. The van der Waals surface area contributed by atoms with Gasteiger partial charge in [0.15, 0.2) is 11.5 Å². The van der Waals surface area contributed by atoms with E-state index < -0.39 is 0 Å². The summed E-state index contributed by atoms with van der Waals surface area (Å²) in [6.07, 6.45) is 0.782. The molecule has 0 heterocycles. The summed E-state index contributed by atoms with van der Waals surface area (Å²) in [5.41, 5.74) is 1.59. The summed E-state index contributed by atoms with van der Waals surface area (Å²) in [6.45, 7) is 0.403. The zero-order chi connectivity index (χ0) is 13.7. The van der Waals surface area contributed by atoms with Crippen molar-refractivity contribution in [1.82, 2.24) is 0 Å². The number of rotatable bonds is 5. The zero-order valence-corrected chi connectivity index (χ0v) is 12.0. The average Bonchev–Trinajstić information content (AvgIpc) is 2.46. The van der Waals surface area contributed by atoms with Crippen LogP contribution in [0.4, 0.5) is 0 Å². The van der Waals surface area contributed by atoms with Gasteiger partial charge >= 0.3 is 0 Å². The molecule has 2 aromatic rings. The molecule has 0 fully saturated rings. The van der Waals surface area contributed by atoms with E-state index >= 15 is 0 Å². The normalized spacial score (nSPS) is 10.0. The first-order valence-corrected chi connectivity index (χ1v) is 6.53. The van der Waals surface area contributed by atoms with Gasteiger partial charge in [0, 0.05) is 15.6 Å². The quantitative estimate of drug-likeness (QED) is 0.785. The van der Waals surface area contributed by atoms with Gasteiger partial charge in [0.2, 0.25) is 0 Å². The molecule has 98 valence electrons. The molecule has 0 aromatic heterocycles. The van der Waals surface area contributed by atoms with Gasteiger partial charge in [0.05, 0.1) is 7.11 Å². The van der Waals surface area contributed by atoms with E-state index in [1.165, 1.54) is 0 Å². The van der Waals surface area contributed by atoms with Crippen molar-refractivity contribution in [2.75, 3.05) is 7.11 Å². The van der Waals surface area contributed by atoms with Crippen molar-refractivity contribution in [3.05, 3.63) is 58.1 Å². The van der Waals surface area contributed by atoms with Crippen LogP contribution in [0.15, 0.2) is 46.9 Å². The topological polar surface area (TPSA) is 35.5 Å². The van der Waals surface area contributed by atoms with E-state index in [2.05, 4.69) is 15.9 Å². The van der Waals surface area contributed by atoms with Crippen LogP contribution in [-0.2, 0) is 6.61 Å². The van der Waals surface area contributed by atoms with Gasteiger partial charge in [-0.25, -0.2) is 0 Å². The van der Waals surface area contributed by atoms with E-state index in [0.29, 0.717) is 23.7 Å². The molecule has 0 unspecified atom stereocenters. The molecule has 19 heavy (non-hydrogen) atoms. The summed E-state index contributed by atoms with van der Waals surface area (Å²) < 4.78 is 11.9. The average molecular weight is 321 g/mol. The smallest absolute Gasteiger partial charge is 0.162 e. The van der Waals surface area contributed by atoms with Crippen LogP contribution >= 0.6 is 15.9 Å². The summed E-state index contributed by atoms with van der Waals surface area (Å²) >= 11 is 3.47. The van der Waals surface area contributed by atoms with Crippen LogP contribution in [0.2, 0.25) is 0 Å². The van der Waals surface area contributed by atoms with Crippen LogP contribution in [0.25, 0.3) is 0 Å². The number of aldehydes is 1. The predicted molar refractivity (Wildman–Crippen MR) is 76.9 cm³/mol. The minimum Gasteiger partial charge on any atom is -0.493 e. The number of carbonyl (C=O) groups excluding carboxylic acids is 1. The Morgan fingerprint density at radius 2 is 1.95 bits per heavy atom. The standard InChI is InChI=1S/C15H13BrO3/c1-18-14-7-6-11(9-17)8-15(14)19-10-12-4-2-3-5-13(12)16/h2-9H,10H2,1H3. The molecule has 0 saturated heterocycles. The number of benzene rings is 2. The van der Waals surface area contributed by atoms with Crippen molar-refractivity contribution < 1.29 is 14.3 Å². The number of hydrogen-bond acceptors (Lipinski definition) is 3. The lowest BCUT2D eigenvalue weighted by Gasteiger charge is -2.11. The summed E-state index contributed by atoms with van der Waals surface area (Å²) in [5, 5.41) is 0. The lowest BCUT2D eigenvalue weighted by molar-refractivity contribution is 0.112. The van der Waals surface area contributed by atoms with Gasteiger partial charge in [-0.05, 0) is 24.3 Å². The van der Waals surface area contributed by atoms with E-state index in [0.717, 1.165) is 16.3 Å². The molecule has 2 aromatic carbocycles. The van der Waals surface area contributed by atoms with Crippen LogP contribution in [0, 0.1) is 0 Å². The molecule has 2 rings (SSSR count). The molecule has 0 aliphatic rings. The molecule has 0 aliphatic carbocycles. The summed E-state index contributed by atoms with van der Waals surface area (Å²) in [7, 11) is 1.57. The van der Waals surface area contributed by atoms with Gasteiger partial charge in [0.1, 0.15) is 12.9 Å². The highest BCUT2D eigenvalue weighted by atomic mass is 79.9. The molecule has 4 heteroatoms. The molecule has 0 aliphatic heterocycles.